The van der Waals surface area contributed by atoms with Crippen LogP contribution < -0.4 is 9.64 Å². The van der Waals surface area contributed by atoms with Crippen LogP contribution in [0.4, 0.5) is 5.82 Å². The Bertz CT molecular complexity index is 939. The molecule has 3 rings (SSSR count). The molecule has 0 saturated carbocycles. The van der Waals surface area contributed by atoms with Gasteiger partial charge in [-0.15, -0.1) is 10.2 Å². The summed E-state index contributed by atoms with van der Waals surface area (Å²) in [5, 5.41) is 8.79. The lowest BCUT2D eigenvalue weighted by atomic mass is 10.1. The zero-order valence-electron chi connectivity index (χ0n) is 20.3. The van der Waals surface area contributed by atoms with Gasteiger partial charge in [-0.2, -0.15) is 0 Å². The van der Waals surface area contributed by atoms with E-state index in [-0.39, 0.29) is 30.3 Å². The summed E-state index contributed by atoms with van der Waals surface area (Å²) in [7, 11) is 1.64. The van der Waals surface area contributed by atoms with Crippen molar-refractivity contribution < 1.29 is 14.3 Å². The molecule has 0 N–H and O–H groups in total. The van der Waals surface area contributed by atoms with E-state index in [1.807, 2.05) is 69.0 Å². The molecule has 1 aliphatic rings. The summed E-state index contributed by atoms with van der Waals surface area (Å²) in [6.45, 7) is 10.5. The molecule has 1 atom stereocenters. The van der Waals surface area contributed by atoms with Crippen molar-refractivity contribution in [3.05, 3.63) is 36.4 Å². The minimum atomic E-state index is -0.123. The fourth-order valence-corrected chi connectivity index (χ4v) is 3.86. The van der Waals surface area contributed by atoms with Gasteiger partial charge < -0.3 is 19.4 Å². The maximum Gasteiger partial charge on any atom is 0.242 e. The standard InChI is InChI=1S/C25H35N5O3/c1-6-19(4)30(25(32)18(2)3)17-24(31)29-14-12-28(13-15-29)23-11-10-22(26-27-23)20-8-7-9-21(16-20)33-5/h7-11,16,18-19H,6,12-15,17H2,1-5H3/t19-/m1/s1. The highest BCUT2D eigenvalue weighted by Crippen LogP contribution is 2.23. The van der Waals surface area contributed by atoms with Crippen molar-refractivity contribution in [2.24, 2.45) is 5.92 Å². The van der Waals surface area contributed by atoms with Crippen molar-refractivity contribution in [1.82, 2.24) is 20.0 Å². The van der Waals surface area contributed by atoms with Gasteiger partial charge in [0.05, 0.1) is 19.3 Å². The highest BCUT2D eigenvalue weighted by molar-refractivity contribution is 5.86. The summed E-state index contributed by atoms with van der Waals surface area (Å²) in [6.07, 6.45) is 0.823. The van der Waals surface area contributed by atoms with Crippen molar-refractivity contribution in [2.75, 3.05) is 44.7 Å². The van der Waals surface area contributed by atoms with Gasteiger partial charge in [-0.3, -0.25) is 9.59 Å². The Morgan fingerprint density at radius 2 is 1.79 bits per heavy atom. The third-order valence-electron chi connectivity index (χ3n) is 6.18. The third-order valence-corrected chi connectivity index (χ3v) is 6.18. The fraction of sp³-hybridized carbons (Fsp3) is 0.520. The summed E-state index contributed by atoms with van der Waals surface area (Å²) in [5.74, 6) is 1.49. The summed E-state index contributed by atoms with van der Waals surface area (Å²) < 4.78 is 5.28. The number of piperazine rings is 1. The first-order valence-corrected chi connectivity index (χ1v) is 11.6. The van der Waals surface area contributed by atoms with E-state index in [1.54, 1.807) is 12.0 Å². The lowest BCUT2D eigenvalue weighted by Gasteiger charge is -2.37. The summed E-state index contributed by atoms with van der Waals surface area (Å²) >= 11 is 0. The number of aromatic nitrogens is 2. The first kappa shape index (κ1) is 24.5. The molecule has 8 heteroatoms. The lowest BCUT2D eigenvalue weighted by molar-refractivity contribution is -0.144. The van der Waals surface area contributed by atoms with Crippen LogP contribution in [-0.4, -0.2) is 77.7 Å². The van der Waals surface area contributed by atoms with Crippen LogP contribution in [0, 0.1) is 5.92 Å². The van der Waals surface area contributed by atoms with Gasteiger partial charge in [0.1, 0.15) is 5.75 Å². The summed E-state index contributed by atoms with van der Waals surface area (Å²) in [6, 6.07) is 11.7. The Morgan fingerprint density at radius 3 is 2.36 bits per heavy atom. The van der Waals surface area contributed by atoms with Crippen LogP contribution in [0.5, 0.6) is 5.75 Å². The number of hydrogen-bond acceptors (Lipinski definition) is 6. The molecule has 0 radical (unpaired) electrons. The van der Waals surface area contributed by atoms with Crippen LogP contribution in [0.25, 0.3) is 11.3 Å². The van der Waals surface area contributed by atoms with Gasteiger partial charge in [-0.1, -0.05) is 32.9 Å². The predicted octanol–water partition coefficient (Wildman–Crippen LogP) is 3.08. The molecule has 2 aromatic rings. The molecule has 178 valence electrons. The monoisotopic (exact) mass is 453 g/mol. The van der Waals surface area contributed by atoms with Gasteiger partial charge in [-0.25, -0.2) is 0 Å². The van der Waals surface area contributed by atoms with E-state index in [0.717, 1.165) is 29.2 Å². The number of ether oxygens (including phenoxy) is 1. The first-order valence-electron chi connectivity index (χ1n) is 11.6. The second-order valence-corrected chi connectivity index (χ2v) is 8.75. The zero-order valence-corrected chi connectivity index (χ0v) is 20.3. The fourth-order valence-electron chi connectivity index (χ4n) is 3.86. The minimum Gasteiger partial charge on any atom is -0.497 e. The van der Waals surface area contributed by atoms with Gasteiger partial charge in [-0.05, 0) is 37.6 Å². The average molecular weight is 454 g/mol. The maximum atomic E-state index is 12.9. The smallest absolute Gasteiger partial charge is 0.242 e. The molecule has 1 saturated heterocycles. The summed E-state index contributed by atoms with van der Waals surface area (Å²) in [4.78, 5) is 31.2. The molecule has 0 unspecified atom stereocenters. The van der Waals surface area contributed by atoms with Crippen LogP contribution in [0.3, 0.4) is 0 Å². The number of rotatable bonds is 8. The van der Waals surface area contributed by atoms with E-state index in [1.165, 1.54) is 0 Å². The topological polar surface area (TPSA) is 78.9 Å². The molecule has 0 bridgehead atoms. The molecule has 1 aromatic carbocycles. The SMILES string of the molecule is CC[C@@H](C)N(CC(=O)N1CCN(c2ccc(-c3cccc(OC)c3)nn2)CC1)C(=O)C(C)C. The number of anilines is 1. The second kappa shape index (κ2) is 11.1. The highest BCUT2D eigenvalue weighted by Gasteiger charge is 2.28. The van der Waals surface area contributed by atoms with Gasteiger partial charge in [0, 0.05) is 43.7 Å². The largest absolute Gasteiger partial charge is 0.497 e. The van der Waals surface area contributed by atoms with Crippen LogP contribution in [0.2, 0.25) is 0 Å². The number of methoxy groups -OCH3 is 1. The van der Waals surface area contributed by atoms with E-state index in [0.29, 0.717) is 26.2 Å². The number of carbonyl (C=O) groups excluding carboxylic acids is 2. The highest BCUT2D eigenvalue weighted by atomic mass is 16.5. The predicted molar refractivity (Wildman–Crippen MR) is 129 cm³/mol. The van der Waals surface area contributed by atoms with Crippen molar-refractivity contribution in [2.45, 2.75) is 40.2 Å². The Labute approximate surface area is 196 Å². The summed E-state index contributed by atoms with van der Waals surface area (Å²) in [5.41, 5.74) is 1.73. The van der Waals surface area contributed by atoms with Gasteiger partial charge in [0.25, 0.3) is 0 Å². The molecule has 8 nitrogen and oxygen atoms in total. The van der Waals surface area contributed by atoms with Gasteiger partial charge in [0.15, 0.2) is 5.82 Å². The molecule has 0 spiro atoms. The van der Waals surface area contributed by atoms with Crippen LogP contribution in [-0.2, 0) is 9.59 Å². The molecule has 2 heterocycles. The zero-order chi connectivity index (χ0) is 24.0. The quantitative estimate of drug-likeness (QED) is 0.611. The van der Waals surface area contributed by atoms with Crippen molar-refractivity contribution >= 4 is 17.6 Å². The van der Waals surface area contributed by atoms with Crippen molar-refractivity contribution in [3.63, 3.8) is 0 Å². The van der Waals surface area contributed by atoms with Gasteiger partial charge >= 0.3 is 0 Å². The molecule has 0 aliphatic carbocycles. The van der Waals surface area contributed by atoms with E-state index in [4.69, 9.17) is 4.74 Å². The van der Waals surface area contributed by atoms with Gasteiger partial charge in [0.2, 0.25) is 11.8 Å². The van der Waals surface area contributed by atoms with E-state index >= 15 is 0 Å². The van der Waals surface area contributed by atoms with Crippen LogP contribution >= 0.6 is 0 Å². The van der Waals surface area contributed by atoms with E-state index < -0.39 is 0 Å². The molecule has 1 aromatic heterocycles. The molecule has 1 fully saturated rings. The third kappa shape index (κ3) is 6.00. The van der Waals surface area contributed by atoms with Crippen molar-refractivity contribution in [3.8, 4) is 17.0 Å². The van der Waals surface area contributed by atoms with E-state index in [2.05, 4.69) is 15.1 Å². The first-order chi connectivity index (χ1) is 15.8. The maximum absolute atomic E-state index is 12.9. The average Bonchev–Trinajstić information content (AvgIpc) is 2.86. The molecule has 1 aliphatic heterocycles. The normalized spacial score (nSPS) is 14.8. The second-order valence-electron chi connectivity index (χ2n) is 8.75. The molecular formula is C25H35N5O3. The molecule has 2 amide bonds. The minimum absolute atomic E-state index is 0.00315. The number of benzene rings is 1. The Hall–Kier alpha value is -3.16. The number of carbonyl (C=O) groups is 2. The molecular weight excluding hydrogens is 418 g/mol. The van der Waals surface area contributed by atoms with Crippen molar-refractivity contribution in [1.29, 1.82) is 0 Å². The Morgan fingerprint density at radius 1 is 1.06 bits per heavy atom. The molecule has 33 heavy (non-hydrogen) atoms. The van der Waals surface area contributed by atoms with Crippen LogP contribution in [0.1, 0.15) is 34.1 Å². The number of nitrogens with zero attached hydrogens (tertiary/aromatic N) is 5. The lowest BCUT2D eigenvalue weighted by Crippen LogP contribution is -2.53. The Kier molecular flexibility index (Phi) is 8.25. The number of hydrogen-bond donors (Lipinski definition) is 0. The Balaban J connectivity index is 1.58. The van der Waals surface area contributed by atoms with E-state index in [9.17, 15) is 9.59 Å². The van der Waals surface area contributed by atoms with Crippen LogP contribution in [0.15, 0.2) is 36.4 Å². The number of amides is 2.